The molecule has 0 heterocycles. The largest absolute Gasteiger partial charge is 0.418 e. The fourth-order valence-corrected chi connectivity index (χ4v) is 1.41. The van der Waals surface area contributed by atoms with E-state index in [1.165, 1.54) is 6.07 Å². The summed E-state index contributed by atoms with van der Waals surface area (Å²) in [5.41, 5.74) is -0.399. The van der Waals surface area contributed by atoms with Gasteiger partial charge in [0.2, 0.25) is 0 Å². The summed E-state index contributed by atoms with van der Waals surface area (Å²) in [6.07, 6.45) is -7.30. The summed E-state index contributed by atoms with van der Waals surface area (Å²) in [5.74, 6) is 0. The number of rotatable bonds is 1. The molecule has 1 atom stereocenters. The molecule has 0 aliphatic rings. The second kappa shape index (κ2) is 3.96. The van der Waals surface area contributed by atoms with Crippen LogP contribution in [-0.4, -0.2) is 11.3 Å². The third-order valence-electron chi connectivity index (χ3n) is 1.57. The number of aliphatic hydroxyl groups excluding tert-OH is 1. The van der Waals surface area contributed by atoms with E-state index in [1.807, 2.05) is 0 Å². The van der Waals surface area contributed by atoms with Gasteiger partial charge < -0.3 is 5.11 Å². The van der Waals surface area contributed by atoms with Crippen molar-refractivity contribution in [1.29, 1.82) is 0 Å². The average Bonchev–Trinajstić information content (AvgIpc) is 2.01. The fourth-order valence-electron chi connectivity index (χ4n) is 0.900. The third-order valence-corrected chi connectivity index (χ3v) is 2.13. The zero-order valence-corrected chi connectivity index (χ0v) is 8.16. The average molecular weight is 245 g/mol. The fraction of sp³-hybridized carbons (Fsp3) is 0.250. The molecule has 1 unspecified atom stereocenters. The van der Waals surface area contributed by atoms with Gasteiger partial charge in [-0.3, -0.25) is 0 Å². The van der Waals surface area contributed by atoms with Crippen molar-refractivity contribution in [2.24, 2.45) is 0 Å². The lowest BCUT2D eigenvalue weighted by atomic mass is 10.1. The number of hydrogen-bond donors (Lipinski definition) is 1. The van der Waals surface area contributed by atoms with E-state index in [1.54, 1.807) is 0 Å². The minimum atomic E-state index is -4.72. The summed E-state index contributed by atoms with van der Waals surface area (Å²) in [7, 11) is 0. The lowest BCUT2D eigenvalue weighted by Gasteiger charge is -2.15. The first kappa shape index (κ1) is 11.6. The van der Waals surface area contributed by atoms with Gasteiger partial charge in [0.15, 0.2) is 6.10 Å². The summed E-state index contributed by atoms with van der Waals surface area (Å²) in [5, 5.41) is 8.89. The van der Waals surface area contributed by atoms with E-state index >= 15 is 0 Å². The molecule has 0 bridgehead atoms. The highest BCUT2D eigenvalue weighted by Gasteiger charge is 2.40. The minimum Gasteiger partial charge on any atom is -0.379 e. The second-order valence-electron chi connectivity index (χ2n) is 2.61. The summed E-state index contributed by atoms with van der Waals surface area (Å²) in [4.78, 5) is 0. The Balaban J connectivity index is 3.08. The maximum absolute atomic E-state index is 12.1. The first-order valence-electron chi connectivity index (χ1n) is 3.52. The summed E-state index contributed by atoms with van der Waals surface area (Å²) >= 11 is 11.0. The molecule has 0 saturated carbocycles. The molecule has 0 aliphatic heterocycles. The van der Waals surface area contributed by atoms with Crippen molar-refractivity contribution in [3.63, 3.8) is 0 Å². The zero-order valence-electron chi connectivity index (χ0n) is 6.65. The highest BCUT2D eigenvalue weighted by atomic mass is 35.5. The molecule has 0 spiro atoms. The Morgan fingerprint density at radius 1 is 1.21 bits per heavy atom. The summed E-state index contributed by atoms with van der Waals surface area (Å²) in [6, 6.07) is 3.42. The van der Waals surface area contributed by atoms with Gasteiger partial charge in [0.25, 0.3) is 0 Å². The molecular formula is C8H5Cl2F3O. The van der Waals surface area contributed by atoms with Crippen LogP contribution in [0.4, 0.5) is 13.2 Å². The van der Waals surface area contributed by atoms with E-state index in [4.69, 9.17) is 28.3 Å². The van der Waals surface area contributed by atoms with Crippen LogP contribution in [-0.2, 0) is 0 Å². The van der Waals surface area contributed by atoms with Gasteiger partial charge in [0.05, 0.1) is 0 Å². The molecule has 0 radical (unpaired) electrons. The molecule has 0 fully saturated rings. The van der Waals surface area contributed by atoms with Crippen molar-refractivity contribution >= 4 is 23.2 Å². The van der Waals surface area contributed by atoms with Gasteiger partial charge in [-0.05, 0) is 12.1 Å². The molecule has 1 aromatic carbocycles. The molecule has 78 valence electrons. The number of alkyl halides is 3. The SMILES string of the molecule is OC(c1ccc(Cl)cc1Cl)C(F)(F)F. The Kier molecular flexibility index (Phi) is 3.29. The Morgan fingerprint density at radius 3 is 2.21 bits per heavy atom. The predicted molar refractivity (Wildman–Crippen MR) is 47.5 cm³/mol. The third kappa shape index (κ3) is 2.53. The molecule has 1 aromatic rings. The van der Waals surface area contributed by atoms with Crippen LogP contribution in [0.1, 0.15) is 11.7 Å². The molecule has 0 aliphatic carbocycles. The Bertz CT molecular complexity index is 338. The van der Waals surface area contributed by atoms with Crippen molar-refractivity contribution < 1.29 is 18.3 Å². The van der Waals surface area contributed by atoms with Crippen LogP contribution >= 0.6 is 23.2 Å². The van der Waals surface area contributed by atoms with Crippen molar-refractivity contribution in [3.8, 4) is 0 Å². The predicted octanol–water partition coefficient (Wildman–Crippen LogP) is 3.59. The standard InChI is InChI=1S/C8H5Cl2F3O/c9-4-1-2-5(6(10)3-4)7(14)8(11,12)13/h1-3,7,14H. The van der Waals surface area contributed by atoms with E-state index in [-0.39, 0.29) is 10.0 Å². The maximum atomic E-state index is 12.1. The second-order valence-corrected chi connectivity index (χ2v) is 3.45. The van der Waals surface area contributed by atoms with Crippen LogP contribution in [0.15, 0.2) is 18.2 Å². The van der Waals surface area contributed by atoms with Gasteiger partial charge in [0, 0.05) is 15.6 Å². The maximum Gasteiger partial charge on any atom is 0.418 e. The number of halogens is 5. The molecule has 0 saturated heterocycles. The normalized spacial score (nSPS) is 14.1. The van der Waals surface area contributed by atoms with Crippen molar-refractivity contribution in [2.75, 3.05) is 0 Å². The topological polar surface area (TPSA) is 20.2 Å². The van der Waals surface area contributed by atoms with Crippen LogP contribution in [0.5, 0.6) is 0 Å². The number of benzene rings is 1. The van der Waals surface area contributed by atoms with E-state index in [0.717, 1.165) is 12.1 Å². The summed E-state index contributed by atoms with van der Waals surface area (Å²) in [6.45, 7) is 0. The van der Waals surface area contributed by atoms with Crippen LogP contribution in [0.3, 0.4) is 0 Å². The summed E-state index contributed by atoms with van der Waals surface area (Å²) < 4.78 is 36.2. The molecule has 1 nitrogen and oxygen atoms in total. The minimum absolute atomic E-state index is 0.206. The van der Waals surface area contributed by atoms with Crippen LogP contribution < -0.4 is 0 Å². The lowest BCUT2D eigenvalue weighted by Crippen LogP contribution is -2.20. The smallest absolute Gasteiger partial charge is 0.379 e. The zero-order chi connectivity index (χ0) is 10.9. The monoisotopic (exact) mass is 244 g/mol. The number of hydrogen-bond acceptors (Lipinski definition) is 1. The van der Waals surface area contributed by atoms with Crippen LogP contribution in [0.25, 0.3) is 0 Å². The van der Waals surface area contributed by atoms with Crippen molar-refractivity contribution in [2.45, 2.75) is 12.3 Å². The van der Waals surface area contributed by atoms with Gasteiger partial charge in [-0.15, -0.1) is 0 Å². The Labute approximate surface area is 88.1 Å². The van der Waals surface area contributed by atoms with E-state index < -0.39 is 17.8 Å². The van der Waals surface area contributed by atoms with Crippen LogP contribution in [0, 0.1) is 0 Å². The molecule has 0 aromatic heterocycles. The van der Waals surface area contributed by atoms with E-state index in [0.29, 0.717) is 0 Å². The molecule has 1 rings (SSSR count). The molecule has 14 heavy (non-hydrogen) atoms. The van der Waals surface area contributed by atoms with E-state index in [9.17, 15) is 13.2 Å². The van der Waals surface area contributed by atoms with Gasteiger partial charge >= 0.3 is 6.18 Å². The van der Waals surface area contributed by atoms with Gasteiger partial charge in [0.1, 0.15) is 0 Å². The number of aliphatic hydroxyl groups is 1. The Morgan fingerprint density at radius 2 is 1.79 bits per heavy atom. The highest BCUT2D eigenvalue weighted by molar-refractivity contribution is 6.35. The van der Waals surface area contributed by atoms with Crippen LogP contribution in [0.2, 0.25) is 10.0 Å². The van der Waals surface area contributed by atoms with Gasteiger partial charge in [-0.1, -0.05) is 29.3 Å². The Hall–Kier alpha value is -0.450. The van der Waals surface area contributed by atoms with Crippen molar-refractivity contribution in [1.82, 2.24) is 0 Å². The van der Waals surface area contributed by atoms with E-state index in [2.05, 4.69) is 0 Å². The first-order chi connectivity index (χ1) is 6.32. The van der Waals surface area contributed by atoms with Crippen molar-refractivity contribution in [3.05, 3.63) is 33.8 Å². The quantitative estimate of drug-likeness (QED) is 0.801. The molecule has 0 amide bonds. The molecule has 1 N–H and O–H groups in total. The first-order valence-corrected chi connectivity index (χ1v) is 4.27. The molecule has 6 heteroatoms. The lowest BCUT2D eigenvalue weighted by molar-refractivity contribution is -0.206. The molecular weight excluding hydrogens is 240 g/mol. The van der Waals surface area contributed by atoms with Gasteiger partial charge in [-0.25, -0.2) is 0 Å². The van der Waals surface area contributed by atoms with Gasteiger partial charge in [-0.2, -0.15) is 13.2 Å². The highest BCUT2D eigenvalue weighted by Crippen LogP contribution is 2.36.